The van der Waals surface area contributed by atoms with Crippen LogP contribution < -0.4 is 15.4 Å². The number of hydrogen-bond donors (Lipinski definition) is 1. The maximum Gasteiger partial charge on any atom is 0.205 e. The molecule has 4 rings (SSSR count). The third-order valence-electron chi connectivity index (χ3n) is 4.88. The lowest BCUT2D eigenvalue weighted by Crippen LogP contribution is -2.22. The molecular weight excluding hydrogens is 334 g/mol. The highest BCUT2D eigenvalue weighted by Crippen LogP contribution is 2.43. The van der Waals surface area contributed by atoms with E-state index in [9.17, 15) is 5.26 Å². The Labute approximate surface area is 152 Å². The maximum absolute atomic E-state index is 9.60. The fourth-order valence-corrected chi connectivity index (χ4v) is 3.74. The van der Waals surface area contributed by atoms with Crippen molar-refractivity contribution in [1.29, 1.82) is 5.26 Å². The quantitative estimate of drug-likeness (QED) is 0.882. The van der Waals surface area contributed by atoms with Gasteiger partial charge in [0.15, 0.2) is 0 Å². The number of anilines is 1. The Kier molecular flexibility index (Phi) is 4.03. The van der Waals surface area contributed by atoms with Gasteiger partial charge in [-0.1, -0.05) is 29.8 Å². The van der Waals surface area contributed by atoms with E-state index in [1.165, 1.54) is 12.8 Å². The van der Waals surface area contributed by atoms with Gasteiger partial charge in [-0.3, -0.25) is 0 Å². The number of nitriles is 1. The average molecular weight is 352 g/mol. The molecule has 5 heteroatoms. The molecule has 2 aromatic rings. The van der Waals surface area contributed by atoms with Gasteiger partial charge in [0.1, 0.15) is 17.4 Å². The first-order valence-electron chi connectivity index (χ1n) is 8.39. The van der Waals surface area contributed by atoms with Gasteiger partial charge in [-0.2, -0.15) is 5.26 Å². The van der Waals surface area contributed by atoms with Crippen molar-refractivity contribution in [2.45, 2.75) is 18.8 Å². The van der Waals surface area contributed by atoms with E-state index < -0.39 is 0 Å². The van der Waals surface area contributed by atoms with Crippen LogP contribution in [0.1, 0.15) is 29.9 Å². The van der Waals surface area contributed by atoms with Crippen LogP contribution in [0.15, 0.2) is 53.9 Å². The highest BCUT2D eigenvalue weighted by atomic mass is 35.5. The Bertz CT molecular complexity index is 877. The molecule has 2 aliphatic rings. The van der Waals surface area contributed by atoms with Crippen LogP contribution in [0, 0.1) is 11.3 Å². The van der Waals surface area contributed by atoms with Gasteiger partial charge in [0, 0.05) is 35.4 Å². The lowest BCUT2D eigenvalue weighted by molar-refractivity contribution is 0.394. The fourth-order valence-electron chi connectivity index (χ4n) is 3.61. The highest BCUT2D eigenvalue weighted by molar-refractivity contribution is 6.30. The summed E-state index contributed by atoms with van der Waals surface area (Å²) in [7, 11) is 0. The van der Waals surface area contributed by atoms with E-state index >= 15 is 0 Å². The predicted octanol–water partition coefficient (Wildman–Crippen LogP) is 4.16. The predicted molar refractivity (Wildman–Crippen MR) is 98.6 cm³/mol. The molecule has 0 spiro atoms. The third-order valence-corrected chi connectivity index (χ3v) is 5.13. The Morgan fingerprint density at radius 3 is 2.52 bits per heavy atom. The summed E-state index contributed by atoms with van der Waals surface area (Å²) in [5.41, 5.74) is 9.56. The van der Waals surface area contributed by atoms with Gasteiger partial charge >= 0.3 is 0 Å². The Morgan fingerprint density at radius 2 is 1.84 bits per heavy atom. The van der Waals surface area contributed by atoms with Crippen molar-refractivity contribution in [3.05, 3.63) is 70.1 Å². The molecule has 0 bridgehead atoms. The van der Waals surface area contributed by atoms with Gasteiger partial charge in [-0.05, 0) is 36.6 Å². The second-order valence-electron chi connectivity index (χ2n) is 6.39. The van der Waals surface area contributed by atoms with E-state index in [2.05, 4.69) is 17.0 Å². The molecule has 2 N–H and O–H groups in total. The fraction of sp³-hybridized carbons (Fsp3) is 0.250. The Balaban J connectivity index is 1.80. The van der Waals surface area contributed by atoms with Gasteiger partial charge in [0.05, 0.1) is 5.92 Å². The molecule has 25 heavy (non-hydrogen) atoms. The summed E-state index contributed by atoms with van der Waals surface area (Å²) in [5.74, 6) is 0.660. The van der Waals surface area contributed by atoms with Crippen LogP contribution in [0.4, 0.5) is 5.69 Å². The van der Waals surface area contributed by atoms with E-state index in [0.717, 1.165) is 35.7 Å². The molecule has 2 aromatic carbocycles. The molecule has 0 saturated carbocycles. The van der Waals surface area contributed by atoms with Gasteiger partial charge < -0.3 is 15.4 Å². The van der Waals surface area contributed by atoms with E-state index in [1.807, 2.05) is 36.4 Å². The van der Waals surface area contributed by atoms with Crippen LogP contribution in [0.2, 0.25) is 5.02 Å². The second-order valence-corrected chi connectivity index (χ2v) is 6.83. The van der Waals surface area contributed by atoms with E-state index in [0.29, 0.717) is 10.6 Å². The number of benzene rings is 2. The second kappa shape index (κ2) is 6.34. The van der Waals surface area contributed by atoms with Crippen LogP contribution in [0.3, 0.4) is 0 Å². The summed E-state index contributed by atoms with van der Waals surface area (Å²) >= 11 is 6.01. The molecule has 1 fully saturated rings. The number of nitrogens with zero attached hydrogens (tertiary/aromatic N) is 2. The van der Waals surface area contributed by atoms with E-state index in [1.54, 1.807) is 0 Å². The molecule has 0 radical (unpaired) electrons. The molecule has 126 valence electrons. The smallest absolute Gasteiger partial charge is 0.205 e. The number of hydrogen-bond acceptors (Lipinski definition) is 4. The minimum atomic E-state index is -0.237. The number of fused-ring (bicyclic) bond motifs is 1. The standard InChI is InChI=1S/C20H18ClN3O/c21-14-5-3-13(4-6-14)19-16-8-7-15(24-9-1-2-10-24)11-18(16)25-20(23)17(19)12-22/h3-8,11,19H,1-2,9-10,23H2. The van der Waals surface area contributed by atoms with Crippen molar-refractivity contribution in [3.8, 4) is 11.8 Å². The van der Waals surface area contributed by atoms with Crippen molar-refractivity contribution >= 4 is 17.3 Å². The number of halogens is 1. The zero-order valence-electron chi connectivity index (χ0n) is 13.7. The zero-order chi connectivity index (χ0) is 17.4. The topological polar surface area (TPSA) is 62.3 Å². The number of rotatable bonds is 2. The van der Waals surface area contributed by atoms with Crippen LogP contribution >= 0.6 is 11.6 Å². The van der Waals surface area contributed by atoms with Gasteiger partial charge in [-0.25, -0.2) is 0 Å². The summed E-state index contributed by atoms with van der Waals surface area (Å²) in [4.78, 5) is 2.35. The highest BCUT2D eigenvalue weighted by Gasteiger charge is 2.31. The number of nitrogens with two attached hydrogens (primary N) is 1. The molecular formula is C20H18ClN3O. The van der Waals surface area contributed by atoms with Crippen LogP contribution in [-0.4, -0.2) is 13.1 Å². The van der Waals surface area contributed by atoms with Crippen molar-refractivity contribution in [2.24, 2.45) is 5.73 Å². The van der Waals surface area contributed by atoms with Crippen LogP contribution in [0.5, 0.6) is 5.75 Å². The normalized spacial score (nSPS) is 19.4. The molecule has 2 heterocycles. The van der Waals surface area contributed by atoms with Gasteiger partial charge in [0.25, 0.3) is 0 Å². The third kappa shape index (κ3) is 2.81. The zero-order valence-corrected chi connectivity index (χ0v) is 14.5. The van der Waals surface area contributed by atoms with Crippen molar-refractivity contribution < 1.29 is 4.74 Å². The molecule has 4 nitrogen and oxygen atoms in total. The summed E-state index contributed by atoms with van der Waals surface area (Å²) in [6.45, 7) is 2.13. The average Bonchev–Trinajstić information content (AvgIpc) is 3.15. The molecule has 2 aliphatic heterocycles. The summed E-state index contributed by atoms with van der Waals surface area (Å²) in [6.07, 6.45) is 2.43. The molecule has 1 unspecified atom stereocenters. The lowest BCUT2D eigenvalue weighted by atomic mass is 9.83. The maximum atomic E-state index is 9.60. The Morgan fingerprint density at radius 1 is 1.12 bits per heavy atom. The summed E-state index contributed by atoms with van der Waals surface area (Å²) in [6, 6.07) is 15.9. The lowest BCUT2D eigenvalue weighted by Gasteiger charge is -2.28. The van der Waals surface area contributed by atoms with Crippen molar-refractivity contribution in [1.82, 2.24) is 0 Å². The van der Waals surface area contributed by atoms with Crippen molar-refractivity contribution in [2.75, 3.05) is 18.0 Å². The molecule has 0 aliphatic carbocycles. The van der Waals surface area contributed by atoms with Gasteiger partial charge in [0.2, 0.25) is 5.88 Å². The largest absolute Gasteiger partial charge is 0.440 e. The molecule has 1 saturated heterocycles. The first kappa shape index (κ1) is 15.9. The van der Waals surface area contributed by atoms with Gasteiger partial charge in [-0.15, -0.1) is 0 Å². The Hall–Kier alpha value is -2.64. The van der Waals surface area contributed by atoms with E-state index in [4.69, 9.17) is 22.1 Å². The van der Waals surface area contributed by atoms with Crippen LogP contribution in [0.25, 0.3) is 0 Å². The van der Waals surface area contributed by atoms with Crippen molar-refractivity contribution in [3.63, 3.8) is 0 Å². The molecule has 0 amide bonds. The number of allylic oxidation sites excluding steroid dienone is 1. The summed E-state index contributed by atoms with van der Waals surface area (Å²) in [5, 5.41) is 10.3. The molecule has 1 atom stereocenters. The molecule has 0 aromatic heterocycles. The monoisotopic (exact) mass is 351 g/mol. The van der Waals surface area contributed by atoms with E-state index in [-0.39, 0.29) is 11.8 Å². The summed E-state index contributed by atoms with van der Waals surface area (Å²) < 4.78 is 5.79. The minimum Gasteiger partial charge on any atom is -0.440 e. The minimum absolute atomic E-state index is 0.175. The first-order chi connectivity index (χ1) is 12.2. The van der Waals surface area contributed by atoms with Crippen LogP contribution in [-0.2, 0) is 0 Å². The first-order valence-corrected chi connectivity index (χ1v) is 8.77. The number of ether oxygens (including phenoxy) is 1. The SMILES string of the molecule is N#CC1=C(N)Oc2cc(N3CCCC3)ccc2C1c1ccc(Cl)cc1.